The summed E-state index contributed by atoms with van der Waals surface area (Å²) in [5.74, 6) is 0. The molecule has 0 spiro atoms. The number of carbonyl (C=O) groups excluding carboxylic acids is 1. The van der Waals surface area contributed by atoms with Crippen LogP contribution in [0.25, 0.3) is 0 Å². The van der Waals surface area contributed by atoms with Crippen LogP contribution in [-0.2, 0) is 0 Å². The molecule has 2 rings (SSSR count). The normalized spacial score (nSPS) is 16.8. The number of amides is 2. The van der Waals surface area contributed by atoms with Crippen LogP contribution in [0.4, 0.5) is 10.5 Å². The van der Waals surface area contributed by atoms with E-state index in [0.29, 0.717) is 10.7 Å². The molecular weight excluding hydrogens is 274 g/mol. The van der Waals surface area contributed by atoms with Crippen molar-refractivity contribution in [2.24, 2.45) is 0 Å². The molecule has 4 nitrogen and oxygen atoms in total. The van der Waals surface area contributed by atoms with Crippen molar-refractivity contribution in [1.29, 1.82) is 0 Å². The lowest BCUT2D eigenvalue weighted by molar-refractivity contribution is 0.211. The maximum Gasteiger partial charge on any atom is 0.321 e. The summed E-state index contributed by atoms with van der Waals surface area (Å²) in [5, 5.41) is 3.46. The van der Waals surface area contributed by atoms with Crippen molar-refractivity contribution in [3.8, 4) is 0 Å². The molecule has 0 radical (unpaired) electrons. The van der Waals surface area contributed by atoms with Gasteiger partial charge in [0, 0.05) is 19.6 Å². The highest BCUT2D eigenvalue weighted by molar-refractivity contribution is 6.33. The summed E-state index contributed by atoms with van der Waals surface area (Å²) in [4.78, 5) is 16.6. The third-order valence-corrected chi connectivity index (χ3v) is 3.86. The summed E-state index contributed by atoms with van der Waals surface area (Å²) < 4.78 is 0. The van der Waals surface area contributed by atoms with Crippen molar-refractivity contribution in [1.82, 2.24) is 9.80 Å². The first kappa shape index (κ1) is 15.1. The Labute approximate surface area is 125 Å². The van der Waals surface area contributed by atoms with Crippen LogP contribution in [0, 0.1) is 0 Å². The van der Waals surface area contributed by atoms with Crippen LogP contribution in [0.3, 0.4) is 0 Å². The Balaban J connectivity index is 1.91. The first-order valence-corrected chi connectivity index (χ1v) is 7.61. The molecule has 1 aromatic rings. The maximum atomic E-state index is 12.3. The fraction of sp³-hybridized carbons (Fsp3) is 0.533. The Hall–Kier alpha value is -1.26. The largest absolute Gasteiger partial charge is 0.323 e. The summed E-state index contributed by atoms with van der Waals surface area (Å²) >= 11 is 6.06. The van der Waals surface area contributed by atoms with Crippen LogP contribution in [0.2, 0.25) is 5.02 Å². The molecular formula is C15H22ClN3O. The molecule has 0 aromatic heterocycles. The smallest absolute Gasteiger partial charge is 0.321 e. The van der Waals surface area contributed by atoms with Gasteiger partial charge >= 0.3 is 6.03 Å². The zero-order valence-electron chi connectivity index (χ0n) is 11.9. The SMILES string of the molecule is CCCN1CCCN(C(=O)Nc2ccccc2Cl)CC1. The van der Waals surface area contributed by atoms with Gasteiger partial charge in [0.2, 0.25) is 0 Å². The number of carbonyl (C=O) groups is 1. The van der Waals surface area contributed by atoms with Crippen LogP contribution >= 0.6 is 11.6 Å². The van der Waals surface area contributed by atoms with Gasteiger partial charge in [-0.2, -0.15) is 0 Å². The molecule has 0 saturated carbocycles. The van der Waals surface area contributed by atoms with E-state index >= 15 is 0 Å². The van der Waals surface area contributed by atoms with Gasteiger partial charge < -0.3 is 15.1 Å². The molecule has 1 aliphatic heterocycles. The van der Waals surface area contributed by atoms with Gasteiger partial charge in [0.1, 0.15) is 0 Å². The van der Waals surface area contributed by atoms with E-state index in [-0.39, 0.29) is 6.03 Å². The number of nitrogens with zero attached hydrogens (tertiary/aromatic N) is 2. The zero-order valence-corrected chi connectivity index (χ0v) is 12.7. The second-order valence-electron chi connectivity index (χ2n) is 5.09. The fourth-order valence-corrected chi connectivity index (χ4v) is 2.65. The number of halogens is 1. The molecule has 0 atom stereocenters. The minimum atomic E-state index is -0.0588. The van der Waals surface area contributed by atoms with E-state index in [4.69, 9.17) is 11.6 Å². The summed E-state index contributed by atoms with van der Waals surface area (Å²) in [7, 11) is 0. The van der Waals surface area contributed by atoms with Gasteiger partial charge in [-0.15, -0.1) is 0 Å². The van der Waals surface area contributed by atoms with Crippen molar-refractivity contribution in [3.63, 3.8) is 0 Å². The van der Waals surface area contributed by atoms with Gasteiger partial charge in [-0.25, -0.2) is 4.79 Å². The Kier molecular flexibility index (Phi) is 5.68. The number of hydrogen-bond donors (Lipinski definition) is 1. The van der Waals surface area contributed by atoms with Crippen LogP contribution in [-0.4, -0.2) is 48.6 Å². The monoisotopic (exact) mass is 295 g/mol. The standard InChI is InChI=1S/C15H22ClN3O/c1-2-8-18-9-5-10-19(12-11-18)15(20)17-14-7-4-3-6-13(14)16/h3-4,6-7H,2,5,8-12H2,1H3,(H,17,20). The van der Waals surface area contributed by atoms with E-state index < -0.39 is 0 Å². The van der Waals surface area contributed by atoms with Crippen LogP contribution in [0.5, 0.6) is 0 Å². The van der Waals surface area contributed by atoms with Gasteiger partial charge in [0.25, 0.3) is 0 Å². The Morgan fingerprint density at radius 2 is 2.05 bits per heavy atom. The molecule has 110 valence electrons. The molecule has 1 fully saturated rings. The highest BCUT2D eigenvalue weighted by atomic mass is 35.5. The van der Waals surface area contributed by atoms with Crippen LogP contribution in [0.15, 0.2) is 24.3 Å². The highest BCUT2D eigenvalue weighted by Gasteiger charge is 2.19. The predicted octanol–water partition coefficient (Wildman–Crippen LogP) is 3.29. The van der Waals surface area contributed by atoms with Gasteiger partial charge in [0.15, 0.2) is 0 Å². The van der Waals surface area contributed by atoms with E-state index in [9.17, 15) is 4.79 Å². The fourth-order valence-electron chi connectivity index (χ4n) is 2.47. The highest BCUT2D eigenvalue weighted by Crippen LogP contribution is 2.21. The molecule has 1 saturated heterocycles. The molecule has 1 aromatic carbocycles. The maximum absolute atomic E-state index is 12.3. The third-order valence-electron chi connectivity index (χ3n) is 3.53. The molecule has 2 amide bonds. The van der Waals surface area contributed by atoms with Crippen LogP contribution in [0.1, 0.15) is 19.8 Å². The molecule has 0 aliphatic carbocycles. The molecule has 20 heavy (non-hydrogen) atoms. The molecule has 1 aliphatic rings. The van der Waals surface area contributed by atoms with E-state index in [1.165, 1.54) is 0 Å². The molecule has 5 heteroatoms. The average molecular weight is 296 g/mol. The number of urea groups is 1. The number of para-hydroxylation sites is 1. The Morgan fingerprint density at radius 3 is 2.80 bits per heavy atom. The van der Waals surface area contributed by atoms with E-state index in [1.807, 2.05) is 23.1 Å². The second-order valence-corrected chi connectivity index (χ2v) is 5.50. The second kappa shape index (κ2) is 7.50. The Bertz CT molecular complexity index is 452. The molecule has 0 bridgehead atoms. The summed E-state index contributed by atoms with van der Waals surface area (Å²) in [6.45, 7) is 6.90. The Morgan fingerprint density at radius 1 is 1.25 bits per heavy atom. The minimum absolute atomic E-state index is 0.0588. The first-order valence-electron chi connectivity index (χ1n) is 7.23. The van der Waals surface area contributed by atoms with Crippen LogP contribution < -0.4 is 5.32 Å². The lowest BCUT2D eigenvalue weighted by atomic mass is 10.3. The van der Waals surface area contributed by atoms with Crippen molar-refractivity contribution < 1.29 is 4.79 Å². The first-order chi connectivity index (χ1) is 9.70. The molecule has 0 unspecified atom stereocenters. The minimum Gasteiger partial charge on any atom is -0.323 e. The molecule has 1 heterocycles. The van der Waals surface area contributed by atoms with Crippen molar-refractivity contribution in [3.05, 3.63) is 29.3 Å². The number of hydrogen-bond acceptors (Lipinski definition) is 2. The van der Waals surface area contributed by atoms with Crippen molar-refractivity contribution >= 4 is 23.3 Å². The van der Waals surface area contributed by atoms with E-state index in [2.05, 4.69) is 17.1 Å². The zero-order chi connectivity index (χ0) is 14.4. The summed E-state index contributed by atoms with van der Waals surface area (Å²) in [5.41, 5.74) is 0.675. The number of benzene rings is 1. The third kappa shape index (κ3) is 4.12. The number of anilines is 1. The van der Waals surface area contributed by atoms with E-state index in [0.717, 1.165) is 45.6 Å². The van der Waals surface area contributed by atoms with E-state index in [1.54, 1.807) is 6.07 Å². The number of rotatable bonds is 3. The lowest BCUT2D eigenvalue weighted by Gasteiger charge is -2.22. The summed E-state index contributed by atoms with van der Waals surface area (Å²) in [6, 6.07) is 7.26. The summed E-state index contributed by atoms with van der Waals surface area (Å²) in [6.07, 6.45) is 2.18. The number of nitrogens with one attached hydrogen (secondary N) is 1. The van der Waals surface area contributed by atoms with Gasteiger partial charge in [0.05, 0.1) is 10.7 Å². The van der Waals surface area contributed by atoms with Gasteiger partial charge in [-0.05, 0) is 38.1 Å². The lowest BCUT2D eigenvalue weighted by Crippen LogP contribution is -2.38. The molecule has 1 N–H and O–H groups in total. The quantitative estimate of drug-likeness (QED) is 0.929. The topological polar surface area (TPSA) is 35.6 Å². The van der Waals surface area contributed by atoms with Gasteiger partial charge in [-0.1, -0.05) is 30.7 Å². The van der Waals surface area contributed by atoms with Crippen molar-refractivity contribution in [2.45, 2.75) is 19.8 Å². The predicted molar refractivity (Wildman–Crippen MR) is 83.4 cm³/mol. The van der Waals surface area contributed by atoms with Gasteiger partial charge in [-0.3, -0.25) is 0 Å². The average Bonchev–Trinajstić information content (AvgIpc) is 2.67. The van der Waals surface area contributed by atoms with Crippen molar-refractivity contribution in [2.75, 3.05) is 38.0 Å².